The number of aliphatic hydroxyl groups excluding tert-OH is 1. The largest absolute Gasteiger partial charge is 0.388 e. The van der Waals surface area contributed by atoms with Gasteiger partial charge in [-0.1, -0.05) is 37.3 Å². The summed E-state index contributed by atoms with van der Waals surface area (Å²) >= 11 is 0. The number of rotatable bonds is 5. The van der Waals surface area contributed by atoms with Crippen LogP contribution in [0.15, 0.2) is 54.6 Å². The van der Waals surface area contributed by atoms with Crippen LogP contribution in [0, 0.1) is 0 Å². The molecule has 1 atom stereocenters. The summed E-state index contributed by atoms with van der Waals surface area (Å²) < 4.78 is 0. The molecule has 0 radical (unpaired) electrons. The van der Waals surface area contributed by atoms with Crippen LogP contribution in [-0.4, -0.2) is 11.7 Å². The summed E-state index contributed by atoms with van der Waals surface area (Å²) in [4.78, 5) is 2.25. The lowest BCUT2D eigenvalue weighted by molar-refractivity contribution is 0.173. The summed E-state index contributed by atoms with van der Waals surface area (Å²) in [5, 5.41) is 9.82. The summed E-state index contributed by atoms with van der Waals surface area (Å²) in [6, 6.07) is 18.5. The van der Waals surface area contributed by atoms with Crippen molar-refractivity contribution in [1.29, 1.82) is 0 Å². The third-order valence-corrected chi connectivity index (χ3v) is 3.36. The maximum absolute atomic E-state index is 9.82. The number of benzene rings is 2. The van der Waals surface area contributed by atoms with Crippen LogP contribution >= 0.6 is 0 Å². The molecule has 0 unspecified atom stereocenters. The van der Waals surface area contributed by atoms with Gasteiger partial charge >= 0.3 is 0 Å². The van der Waals surface area contributed by atoms with Crippen LogP contribution < -0.4 is 4.90 Å². The Balaban J connectivity index is 2.25. The smallest absolute Gasteiger partial charge is 0.0787 e. The van der Waals surface area contributed by atoms with E-state index in [-0.39, 0.29) is 6.10 Å². The summed E-state index contributed by atoms with van der Waals surface area (Å²) in [7, 11) is 0. The number of hydrogen-bond donors (Lipinski definition) is 1. The lowest BCUT2D eigenvalue weighted by atomic mass is 10.1. The van der Waals surface area contributed by atoms with E-state index in [1.165, 1.54) is 5.69 Å². The molecule has 1 N–H and O–H groups in total. The molecular formula is C17H21NO. The van der Waals surface area contributed by atoms with Crippen molar-refractivity contribution in [2.45, 2.75) is 26.4 Å². The fraction of sp³-hybridized carbons (Fsp3) is 0.294. The zero-order chi connectivity index (χ0) is 13.7. The van der Waals surface area contributed by atoms with Crippen molar-refractivity contribution in [3.05, 3.63) is 60.2 Å². The molecule has 0 fully saturated rings. The lowest BCUT2D eigenvalue weighted by Crippen LogP contribution is -2.15. The van der Waals surface area contributed by atoms with Crippen LogP contribution in [0.25, 0.3) is 0 Å². The van der Waals surface area contributed by atoms with Crippen molar-refractivity contribution in [2.75, 3.05) is 11.4 Å². The van der Waals surface area contributed by atoms with Crippen molar-refractivity contribution in [2.24, 2.45) is 0 Å². The molecule has 0 aromatic heterocycles. The van der Waals surface area contributed by atoms with Crippen molar-refractivity contribution in [3.63, 3.8) is 0 Å². The fourth-order valence-corrected chi connectivity index (χ4v) is 2.23. The lowest BCUT2D eigenvalue weighted by Gasteiger charge is -2.23. The number of nitrogens with zero attached hydrogens (tertiary/aromatic N) is 1. The van der Waals surface area contributed by atoms with Crippen molar-refractivity contribution in [3.8, 4) is 0 Å². The Kier molecular flexibility index (Phi) is 4.58. The monoisotopic (exact) mass is 255 g/mol. The quantitative estimate of drug-likeness (QED) is 0.861. The summed E-state index contributed by atoms with van der Waals surface area (Å²) in [5.41, 5.74) is 3.32. The molecule has 0 amide bonds. The first-order valence-corrected chi connectivity index (χ1v) is 6.86. The second-order valence-electron chi connectivity index (χ2n) is 4.60. The van der Waals surface area contributed by atoms with Gasteiger partial charge in [-0.3, -0.25) is 0 Å². The van der Waals surface area contributed by atoms with Crippen LogP contribution in [0.4, 0.5) is 11.4 Å². The average Bonchev–Trinajstić information content (AvgIpc) is 2.49. The number of anilines is 2. The van der Waals surface area contributed by atoms with Gasteiger partial charge in [-0.05, 0) is 43.2 Å². The minimum Gasteiger partial charge on any atom is -0.388 e. The van der Waals surface area contributed by atoms with Gasteiger partial charge in [-0.2, -0.15) is 0 Å². The highest BCUT2D eigenvalue weighted by Crippen LogP contribution is 2.26. The Morgan fingerprint density at radius 3 is 2.00 bits per heavy atom. The minimum atomic E-state index is -0.360. The molecule has 0 spiro atoms. The van der Waals surface area contributed by atoms with Crippen LogP contribution in [0.1, 0.15) is 31.9 Å². The highest BCUT2D eigenvalue weighted by Gasteiger charge is 2.08. The van der Waals surface area contributed by atoms with Gasteiger partial charge in [0.15, 0.2) is 0 Å². The van der Waals surface area contributed by atoms with Crippen LogP contribution in [-0.2, 0) is 0 Å². The first-order valence-electron chi connectivity index (χ1n) is 6.86. The molecule has 0 aliphatic carbocycles. The van der Waals surface area contributed by atoms with Gasteiger partial charge in [0.25, 0.3) is 0 Å². The van der Waals surface area contributed by atoms with Crippen LogP contribution in [0.3, 0.4) is 0 Å². The van der Waals surface area contributed by atoms with Crippen LogP contribution in [0.5, 0.6) is 0 Å². The molecule has 2 nitrogen and oxygen atoms in total. The standard InChI is InChI=1S/C17H21NO/c1-3-17(19)14-10-12-16(13-11-14)18(4-2)15-8-6-5-7-9-15/h5-13,17,19H,3-4H2,1-2H3/t17-/m1/s1. The van der Waals surface area contributed by atoms with Crippen molar-refractivity contribution < 1.29 is 5.11 Å². The SMILES string of the molecule is CC[C@@H](O)c1ccc(N(CC)c2ccccc2)cc1. The number of hydrogen-bond acceptors (Lipinski definition) is 2. The van der Waals surface area contributed by atoms with Gasteiger partial charge in [0, 0.05) is 17.9 Å². The van der Waals surface area contributed by atoms with Gasteiger partial charge in [0.1, 0.15) is 0 Å². The maximum atomic E-state index is 9.82. The number of aliphatic hydroxyl groups is 1. The second kappa shape index (κ2) is 6.39. The Morgan fingerprint density at radius 1 is 0.895 bits per heavy atom. The third kappa shape index (κ3) is 3.15. The first kappa shape index (κ1) is 13.6. The van der Waals surface area contributed by atoms with Gasteiger partial charge < -0.3 is 10.0 Å². The fourth-order valence-electron chi connectivity index (χ4n) is 2.23. The predicted molar refractivity (Wildman–Crippen MR) is 80.8 cm³/mol. The van der Waals surface area contributed by atoms with E-state index < -0.39 is 0 Å². The van der Waals surface area contributed by atoms with Gasteiger partial charge in [0.2, 0.25) is 0 Å². The Labute approximate surface area is 115 Å². The van der Waals surface area contributed by atoms with E-state index in [2.05, 4.69) is 36.1 Å². The normalized spacial score (nSPS) is 12.2. The van der Waals surface area contributed by atoms with Crippen molar-refractivity contribution in [1.82, 2.24) is 0 Å². The molecule has 0 aliphatic rings. The van der Waals surface area contributed by atoms with E-state index in [9.17, 15) is 5.11 Å². The maximum Gasteiger partial charge on any atom is 0.0787 e. The number of para-hydroxylation sites is 1. The topological polar surface area (TPSA) is 23.5 Å². The molecular weight excluding hydrogens is 234 g/mol. The zero-order valence-electron chi connectivity index (χ0n) is 11.6. The molecule has 0 bridgehead atoms. The molecule has 0 saturated heterocycles. The summed E-state index contributed by atoms with van der Waals surface area (Å²) in [5.74, 6) is 0. The Bertz CT molecular complexity index is 492. The molecule has 100 valence electrons. The summed E-state index contributed by atoms with van der Waals surface area (Å²) in [6.45, 7) is 5.04. The molecule has 2 aromatic carbocycles. The minimum absolute atomic E-state index is 0.360. The first-order chi connectivity index (χ1) is 9.26. The van der Waals surface area contributed by atoms with E-state index >= 15 is 0 Å². The third-order valence-electron chi connectivity index (χ3n) is 3.36. The highest BCUT2D eigenvalue weighted by atomic mass is 16.3. The Hall–Kier alpha value is -1.80. The molecule has 0 aliphatic heterocycles. The predicted octanol–water partition coefficient (Wildman–Crippen LogP) is 4.29. The van der Waals surface area contributed by atoms with E-state index in [4.69, 9.17) is 0 Å². The van der Waals surface area contributed by atoms with Gasteiger partial charge in [0.05, 0.1) is 6.10 Å². The second-order valence-corrected chi connectivity index (χ2v) is 4.60. The molecule has 19 heavy (non-hydrogen) atoms. The van der Waals surface area contributed by atoms with E-state index in [1.807, 2.05) is 37.3 Å². The molecule has 0 heterocycles. The Morgan fingerprint density at radius 2 is 1.47 bits per heavy atom. The van der Waals surface area contributed by atoms with Crippen molar-refractivity contribution >= 4 is 11.4 Å². The molecule has 2 heteroatoms. The molecule has 2 rings (SSSR count). The average molecular weight is 255 g/mol. The zero-order valence-corrected chi connectivity index (χ0v) is 11.6. The summed E-state index contributed by atoms with van der Waals surface area (Å²) in [6.07, 6.45) is 0.385. The van der Waals surface area contributed by atoms with Gasteiger partial charge in [-0.15, -0.1) is 0 Å². The van der Waals surface area contributed by atoms with E-state index in [1.54, 1.807) is 0 Å². The molecule has 2 aromatic rings. The van der Waals surface area contributed by atoms with E-state index in [0.29, 0.717) is 0 Å². The highest BCUT2D eigenvalue weighted by molar-refractivity contribution is 5.63. The van der Waals surface area contributed by atoms with Gasteiger partial charge in [-0.25, -0.2) is 0 Å². The van der Waals surface area contributed by atoms with Crippen LogP contribution in [0.2, 0.25) is 0 Å². The van der Waals surface area contributed by atoms with E-state index in [0.717, 1.165) is 24.2 Å². The molecule has 0 saturated carbocycles.